The maximum absolute atomic E-state index is 12.8. The van der Waals surface area contributed by atoms with E-state index in [-0.39, 0.29) is 11.8 Å². The number of aryl methyl sites for hydroxylation is 1. The highest BCUT2D eigenvalue weighted by Gasteiger charge is 2.25. The van der Waals surface area contributed by atoms with Crippen LogP contribution >= 0.6 is 11.6 Å². The minimum atomic E-state index is 0.0880. The zero-order valence-electron chi connectivity index (χ0n) is 20.2. The van der Waals surface area contributed by atoms with Crippen molar-refractivity contribution in [2.75, 3.05) is 13.1 Å². The zero-order valence-corrected chi connectivity index (χ0v) is 21.0. The van der Waals surface area contributed by atoms with Gasteiger partial charge in [0.25, 0.3) is 0 Å². The van der Waals surface area contributed by atoms with Crippen molar-refractivity contribution >= 4 is 28.4 Å². The Morgan fingerprint density at radius 1 is 0.943 bits per heavy atom. The number of likely N-dealkylation sites (tertiary alicyclic amines) is 1. The van der Waals surface area contributed by atoms with Crippen LogP contribution in [0, 0.1) is 12.8 Å². The number of nitrogens with one attached hydrogen (secondary N) is 1. The monoisotopic (exact) mass is 485 g/mol. The first-order valence-corrected chi connectivity index (χ1v) is 12.8. The number of hydrogen-bond donors (Lipinski definition) is 1. The summed E-state index contributed by atoms with van der Waals surface area (Å²) in [5.41, 5.74) is 6.01. The van der Waals surface area contributed by atoms with Crippen molar-refractivity contribution in [3.8, 4) is 0 Å². The maximum Gasteiger partial charge on any atom is 0.223 e. The van der Waals surface area contributed by atoms with Crippen LogP contribution in [0.5, 0.6) is 0 Å². The number of piperidine rings is 1. The van der Waals surface area contributed by atoms with Gasteiger partial charge in [0.1, 0.15) is 0 Å². The summed E-state index contributed by atoms with van der Waals surface area (Å²) >= 11 is 6.49. The van der Waals surface area contributed by atoms with Crippen molar-refractivity contribution in [3.63, 3.8) is 0 Å². The van der Waals surface area contributed by atoms with Crippen LogP contribution in [0.2, 0.25) is 5.02 Å². The van der Waals surface area contributed by atoms with Gasteiger partial charge in [0, 0.05) is 41.8 Å². The molecule has 180 valence electrons. The summed E-state index contributed by atoms with van der Waals surface area (Å²) in [6.45, 7) is 6.15. The van der Waals surface area contributed by atoms with Gasteiger partial charge in [-0.1, -0.05) is 77.8 Å². The molecule has 1 amide bonds. The molecule has 0 saturated carbocycles. The van der Waals surface area contributed by atoms with Gasteiger partial charge in [-0.05, 0) is 67.6 Å². The summed E-state index contributed by atoms with van der Waals surface area (Å²) in [4.78, 5) is 15.3. The Morgan fingerprint density at radius 2 is 1.71 bits per heavy atom. The number of fused-ring (bicyclic) bond motifs is 1. The molecule has 0 radical (unpaired) electrons. The summed E-state index contributed by atoms with van der Waals surface area (Å²) < 4.78 is 2.39. The molecule has 1 saturated heterocycles. The lowest BCUT2D eigenvalue weighted by molar-refractivity contribution is -0.126. The third-order valence-electron chi connectivity index (χ3n) is 7.08. The largest absolute Gasteiger partial charge is 0.352 e. The summed E-state index contributed by atoms with van der Waals surface area (Å²) in [6.07, 6.45) is 1.79. The van der Waals surface area contributed by atoms with Gasteiger partial charge in [0.05, 0.1) is 0 Å². The van der Waals surface area contributed by atoms with Crippen LogP contribution < -0.4 is 5.32 Å². The van der Waals surface area contributed by atoms with Gasteiger partial charge in [-0.3, -0.25) is 9.69 Å². The topological polar surface area (TPSA) is 37.3 Å². The summed E-state index contributed by atoms with van der Waals surface area (Å²) in [5, 5.41) is 5.20. The number of carbonyl (C=O) groups excluding carboxylic acids is 1. The first-order chi connectivity index (χ1) is 17.1. The molecule has 1 aromatic heterocycles. The molecular formula is C30H32ClN3O. The summed E-state index contributed by atoms with van der Waals surface area (Å²) in [6, 6.07) is 27.2. The molecule has 4 aromatic rings. The van der Waals surface area contributed by atoms with Crippen molar-refractivity contribution in [1.29, 1.82) is 0 Å². The maximum atomic E-state index is 12.8. The normalized spacial score (nSPS) is 14.9. The van der Waals surface area contributed by atoms with E-state index in [1.165, 1.54) is 22.2 Å². The number of hydrogen-bond acceptors (Lipinski definition) is 2. The molecule has 1 aliphatic rings. The lowest BCUT2D eigenvalue weighted by Gasteiger charge is -2.31. The summed E-state index contributed by atoms with van der Waals surface area (Å²) in [7, 11) is 0. The van der Waals surface area contributed by atoms with E-state index in [9.17, 15) is 4.79 Å². The number of halogens is 1. The molecule has 0 unspecified atom stereocenters. The number of aromatic nitrogens is 1. The molecular weight excluding hydrogens is 454 g/mol. The molecule has 0 bridgehead atoms. The standard InChI is InChI=1S/C30H32ClN3O/c1-22-7-6-8-23(17-22)19-32-30(35)24-13-15-33(16-14-24)21-27-18-25-9-3-5-12-29(25)34(27)20-26-10-2-4-11-28(26)31/h2-12,17-18,24H,13-16,19-21H2,1H3,(H,32,35). The predicted octanol–water partition coefficient (Wildman–Crippen LogP) is 6.18. The average Bonchev–Trinajstić information content (AvgIpc) is 3.21. The number of para-hydroxylation sites is 1. The first-order valence-electron chi connectivity index (χ1n) is 12.4. The van der Waals surface area contributed by atoms with Gasteiger partial charge in [0.2, 0.25) is 5.91 Å². The number of carbonyl (C=O) groups is 1. The number of amides is 1. The predicted molar refractivity (Wildman–Crippen MR) is 144 cm³/mol. The number of benzene rings is 3. The van der Waals surface area contributed by atoms with Gasteiger partial charge in [0.15, 0.2) is 0 Å². The van der Waals surface area contributed by atoms with E-state index in [1.807, 2.05) is 24.3 Å². The Kier molecular flexibility index (Phi) is 7.21. The van der Waals surface area contributed by atoms with Crippen molar-refractivity contribution in [3.05, 3.63) is 106 Å². The van der Waals surface area contributed by atoms with Gasteiger partial charge in [-0.15, -0.1) is 0 Å². The van der Waals surface area contributed by atoms with E-state index >= 15 is 0 Å². The fourth-order valence-electron chi connectivity index (χ4n) is 5.12. The van der Waals surface area contributed by atoms with Crippen molar-refractivity contribution in [2.45, 2.75) is 39.4 Å². The second kappa shape index (κ2) is 10.7. The fraction of sp³-hybridized carbons (Fsp3) is 0.300. The first kappa shape index (κ1) is 23.7. The SMILES string of the molecule is Cc1cccc(CNC(=O)C2CCN(Cc3cc4ccccc4n3Cc3ccccc3Cl)CC2)c1. The third kappa shape index (κ3) is 5.61. The minimum absolute atomic E-state index is 0.0880. The average molecular weight is 486 g/mol. The smallest absolute Gasteiger partial charge is 0.223 e. The Bertz CT molecular complexity index is 1320. The fourth-order valence-corrected chi connectivity index (χ4v) is 5.32. The molecule has 1 fully saturated rings. The van der Waals surface area contributed by atoms with Gasteiger partial charge < -0.3 is 9.88 Å². The summed E-state index contributed by atoms with van der Waals surface area (Å²) in [5.74, 6) is 0.268. The zero-order chi connectivity index (χ0) is 24.2. The van der Waals surface area contributed by atoms with Crippen LogP contribution in [0.4, 0.5) is 0 Å². The molecule has 0 atom stereocenters. The number of rotatable bonds is 7. The lowest BCUT2D eigenvalue weighted by atomic mass is 9.95. The minimum Gasteiger partial charge on any atom is -0.352 e. The van der Waals surface area contributed by atoms with Gasteiger partial charge in [-0.2, -0.15) is 0 Å². The second-order valence-corrected chi connectivity index (χ2v) is 10.0. The van der Waals surface area contributed by atoms with Gasteiger partial charge in [-0.25, -0.2) is 0 Å². The van der Waals surface area contributed by atoms with Crippen LogP contribution in [0.3, 0.4) is 0 Å². The molecule has 0 aliphatic carbocycles. The van der Waals surface area contributed by atoms with E-state index in [0.29, 0.717) is 6.54 Å². The van der Waals surface area contributed by atoms with Crippen molar-refractivity contribution < 1.29 is 4.79 Å². The van der Waals surface area contributed by atoms with Crippen LogP contribution in [-0.2, 0) is 24.4 Å². The molecule has 1 aliphatic heterocycles. The number of nitrogens with zero attached hydrogens (tertiary/aromatic N) is 2. The van der Waals surface area contributed by atoms with E-state index in [0.717, 1.165) is 55.2 Å². The van der Waals surface area contributed by atoms with Crippen LogP contribution in [0.25, 0.3) is 10.9 Å². The molecule has 5 heteroatoms. The quantitative estimate of drug-likeness (QED) is 0.339. The lowest BCUT2D eigenvalue weighted by Crippen LogP contribution is -2.40. The van der Waals surface area contributed by atoms with Crippen molar-refractivity contribution in [2.24, 2.45) is 5.92 Å². The van der Waals surface area contributed by atoms with E-state index in [1.54, 1.807) is 0 Å². The van der Waals surface area contributed by atoms with Crippen LogP contribution in [0.1, 0.15) is 35.2 Å². The van der Waals surface area contributed by atoms with Crippen LogP contribution in [0.15, 0.2) is 78.9 Å². The van der Waals surface area contributed by atoms with Gasteiger partial charge >= 0.3 is 0 Å². The molecule has 3 aromatic carbocycles. The molecule has 4 nitrogen and oxygen atoms in total. The third-order valence-corrected chi connectivity index (χ3v) is 7.44. The highest BCUT2D eigenvalue weighted by atomic mass is 35.5. The Hall–Kier alpha value is -3.08. The van der Waals surface area contributed by atoms with E-state index in [4.69, 9.17) is 11.6 Å². The molecule has 1 N–H and O–H groups in total. The Labute approximate surface area is 212 Å². The van der Waals surface area contributed by atoms with Crippen molar-refractivity contribution in [1.82, 2.24) is 14.8 Å². The van der Waals surface area contributed by atoms with E-state index in [2.05, 4.69) is 76.3 Å². The molecule has 5 rings (SSSR count). The van der Waals surface area contributed by atoms with E-state index < -0.39 is 0 Å². The molecule has 2 heterocycles. The molecule has 35 heavy (non-hydrogen) atoms. The molecule has 0 spiro atoms. The Balaban J connectivity index is 1.23. The second-order valence-electron chi connectivity index (χ2n) is 9.63. The van der Waals surface area contributed by atoms with Crippen LogP contribution in [-0.4, -0.2) is 28.5 Å². The highest BCUT2D eigenvalue weighted by molar-refractivity contribution is 6.31. The highest BCUT2D eigenvalue weighted by Crippen LogP contribution is 2.26. The Morgan fingerprint density at radius 3 is 2.51 bits per heavy atom.